The minimum absolute atomic E-state index is 0.182. The zero-order chi connectivity index (χ0) is 40.1. The molecule has 60 heavy (non-hydrogen) atoms. The van der Waals surface area contributed by atoms with Crippen LogP contribution in [0.15, 0.2) is 164 Å². The molecule has 0 aromatic heterocycles. The predicted octanol–water partition coefficient (Wildman–Crippen LogP) is 15.2. The molecule has 0 N–H and O–H groups in total. The third kappa shape index (κ3) is 4.34. The quantitative estimate of drug-likeness (QED) is 0.131. The summed E-state index contributed by atoms with van der Waals surface area (Å²) in [6, 6.07) is 61.3. The SMILES string of the molecule is CC1(C)c2ccccc2-c2ccc(N(c3cc4c(cc3-c3cccc5c3OCO5)-c3ccccc3C4(C)C)c3ccc4cccc5c6cccc7cccc(c3c45)c76)cc21. The molecule has 0 unspecified atom stereocenters. The highest BCUT2D eigenvalue weighted by Crippen LogP contribution is 2.58. The molecule has 0 spiro atoms. The van der Waals surface area contributed by atoms with E-state index in [1.807, 2.05) is 6.07 Å². The third-order valence-corrected chi connectivity index (χ3v) is 14.2. The van der Waals surface area contributed by atoms with Crippen molar-refractivity contribution in [2.24, 2.45) is 0 Å². The summed E-state index contributed by atoms with van der Waals surface area (Å²) in [4.78, 5) is 2.57. The zero-order valence-corrected chi connectivity index (χ0v) is 34.1. The first-order chi connectivity index (χ1) is 29.3. The summed E-state index contributed by atoms with van der Waals surface area (Å²) in [5, 5.41) is 10.1. The van der Waals surface area contributed by atoms with Gasteiger partial charge in [0, 0.05) is 33.0 Å². The van der Waals surface area contributed by atoms with E-state index in [1.165, 1.54) is 87.6 Å². The average Bonchev–Trinajstić information content (AvgIpc) is 3.92. The molecule has 0 amide bonds. The van der Waals surface area contributed by atoms with Crippen LogP contribution in [-0.2, 0) is 10.8 Å². The van der Waals surface area contributed by atoms with Gasteiger partial charge in [0.2, 0.25) is 6.79 Å². The number of rotatable bonds is 4. The molecule has 0 saturated carbocycles. The first kappa shape index (κ1) is 33.8. The smallest absolute Gasteiger partial charge is 0.231 e. The van der Waals surface area contributed by atoms with Crippen molar-refractivity contribution in [2.45, 2.75) is 38.5 Å². The Kier molecular flexibility index (Phi) is 6.63. The number of para-hydroxylation sites is 1. The molecule has 2 aliphatic carbocycles. The lowest BCUT2D eigenvalue weighted by Gasteiger charge is -2.33. The summed E-state index contributed by atoms with van der Waals surface area (Å²) >= 11 is 0. The van der Waals surface area contributed by atoms with E-state index in [-0.39, 0.29) is 17.6 Å². The van der Waals surface area contributed by atoms with Gasteiger partial charge in [-0.2, -0.15) is 0 Å². The highest BCUT2D eigenvalue weighted by Gasteiger charge is 2.39. The van der Waals surface area contributed by atoms with E-state index in [0.29, 0.717) is 0 Å². The first-order valence-corrected chi connectivity index (χ1v) is 21.1. The Morgan fingerprint density at radius 2 is 1.00 bits per heavy atom. The molecule has 3 nitrogen and oxygen atoms in total. The van der Waals surface area contributed by atoms with E-state index in [0.717, 1.165) is 39.7 Å². The molecule has 1 aliphatic heterocycles. The second-order valence-electron chi connectivity index (χ2n) is 17.9. The van der Waals surface area contributed by atoms with Crippen LogP contribution >= 0.6 is 0 Å². The lowest BCUT2D eigenvalue weighted by Crippen LogP contribution is -2.18. The van der Waals surface area contributed by atoms with Crippen LogP contribution in [0, 0.1) is 0 Å². The van der Waals surface area contributed by atoms with Gasteiger partial charge in [0.05, 0.1) is 11.4 Å². The largest absolute Gasteiger partial charge is 0.454 e. The maximum absolute atomic E-state index is 6.35. The van der Waals surface area contributed by atoms with Crippen molar-refractivity contribution in [1.29, 1.82) is 0 Å². The molecule has 0 radical (unpaired) electrons. The second kappa shape index (κ2) is 11.8. The molecule has 0 bridgehead atoms. The van der Waals surface area contributed by atoms with Gasteiger partial charge in [-0.3, -0.25) is 0 Å². The maximum atomic E-state index is 6.35. The summed E-state index contributed by atoms with van der Waals surface area (Å²) in [6.07, 6.45) is 0. The van der Waals surface area contributed by atoms with E-state index in [9.17, 15) is 0 Å². The van der Waals surface area contributed by atoms with Gasteiger partial charge in [-0.25, -0.2) is 0 Å². The molecule has 10 aromatic carbocycles. The second-order valence-corrected chi connectivity index (χ2v) is 17.9. The van der Waals surface area contributed by atoms with Crippen molar-refractivity contribution in [3.05, 3.63) is 186 Å². The molecule has 1 heterocycles. The Hall–Kier alpha value is -7.10. The van der Waals surface area contributed by atoms with E-state index >= 15 is 0 Å². The number of fused-ring (bicyclic) bond motifs is 9. The van der Waals surface area contributed by atoms with Gasteiger partial charge in [-0.15, -0.1) is 0 Å². The van der Waals surface area contributed by atoms with Gasteiger partial charge in [0.25, 0.3) is 0 Å². The van der Waals surface area contributed by atoms with E-state index < -0.39 is 0 Å². The summed E-state index contributed by atoms with van der Waals surface area (Å²) < 4.78 is 12.4. The third-order valence-electron chi connectivity index (χ3n) is 14.2. The van der Waals surface area contributed by atoms with Crippen LogP contribution in [0.2, 0.25) is 0 Å². The van der Waals surface area contributed by atoms with Crippen LogP contribution in [0.5, 0.6) is 11.5 Å². The van der Waals surface area contributed by atoms with Gasteiger partial charge in [-0.1, -0.05) is 155 Å². The zero-order valence-electron chi connectivity index (χ0n) is 34.1. The monoisotopic (exact) mass is 771 g/mol. The minimum atomic E-state index is -0.222. The predicted molar refractivity (Wildman–Crippen MR) is 249 cm³/mol. The van der Waals surface area contributed by atoms with Gasteiger partial charge in [-0.05, 0) is 119 Å². The van der Waals surface area contributed by atoms with Crippen molar-refractivity contribution in [3.63, 3.8) is 0 Å². The summed E-state index contributed by atoms with van der Waals surface area (Å²) in [7, 11) is 0. The fourth-order valence-corrected chi connectivity index (χ4v) is 11.3. The fraction of sp³-hybridized carbons (Fsp3) is 0.123. The highest BCUT2D eigenvalue weighted by atomic mass is 16.7. The van der Waals surface area contributed by atoms with Crippen molar-refractivity contribution in [2.75, 3.05) is 11.7 Å². The molecule has 13 rings (SSSR count). The van der Waals surface area contributed by atoms with Gasteiger partial charge in [0.15, 0.2) is 11.5 Å². The number of ether oxygens (including phenoxy) is 2. The van der Waals surface area contributed by atoms with E-state index in [4.69, 9.17) is 9.47 Å². The van der Waals surface area contributed by atoms with Crippen LogP contribution in [-0.4, -0.2) is 6.79 Å². The molecule has 3 aliphatic rings. The molecule has 10 aromatic rings. The molecule has 286 valence electrons. The lowest BCUT2D eigenvalue weighted by molar-refractivity contribution is 0.174. The summed E-state index contributed by atoms with van der Waals surface area (Å²) in [6.45, 7) is 9.71. The minimum Gasteiger partial charge on any atom is -0.454 e. The number of hydrogen-bond acceptors (Lipinski definition) is 3. The molecule has 0 saturated heterocycles. The fourth-order valence-electron chi connectivity index (χ4n) is 11.3. The number of hydrogen-bond donors (Lipinski definition) is 0. The van der Waals surface area contributed by atoms with Crippen molar-refractivity contribution < 1.29 is 9.47 Å². The number of benzene rings is 10. The Balaban J connectivity index is 1.20. The Labute approximate surface area is 349 Å². The Morgan fingerprint density at radius 3 is 1.75 bits per heavy atom. The maximum Gasteiger partial charge on any atom is 0.231 e. The van der Waals surface area contributed by atoms with Crippen LogP contribution < -0.4 is 14.4 Å². The first-order valence-electron chi connectivity index (χ1n) is 21.1. The Bertz CT molecular complexity index is 3480. The topological polar surface area (TPSA) is 21.7 Å². The molecule has 0 fully saturated rings. The van der Waals surface area contributed by atoms with E-state index in [1.54, 1.807) is 0 Å². The lowest BCUT2D eigenvalue weighted by atomic mass is 9.81. The van der Waals surface area contributed by atoms with Crippen molar-refractivity contribution in [3.8, 4) is 44.9 Å². The van der Waals surface area contributed by atoms with Crippen LogP contribution in [0.4, 0.5) is 17.1 Å². The Morgan fingerprint density at radius 1 is 0.400 bits per heavy atom. The van der Waals surface area contributed by atoms with Gasteiger partial charge >= 0.3 is 0 Å². The molecular weight excluding hydrogens is 731 g/mol. The molecular formula is C57H41NO2. The highest BCUT2D eigenvalue weighted by molar-refractivity contribution is 6.35. The molecule has 0 atom stereocenters. The van der Waals surface area contributed by atoms with Crippen LogP contribution in [0.3, 0.4) is 0 Å². The molecule has 3 heteroatoms. The van der Waals surface area contributed by atoms with Crippen LogP contribution in [0.1, 0.15) is 49.9 Å². The van der Waals surface area contributed by atoms with Crippen molar-refractivity contribution >= 4 is 60.2 Å². The summed E-state index contributed by atoms with van der Waals surface area (Å²) in [5.74, 6) is 1.56. The van der Waals surface area contributed by atoms with Gasteiger partial charge < -0.3 is 14.4 Å². The number of nitrogens with zero attached hydrogens (tertiary/aromatic N) is 1. The van der Waals surface area contributed by atoms with Crippen LogP contribution in [0.25, 0.3) is 76.5 Å². The number of anilines is 3. The summed E-state index contributed by atoms with van der Waals surface area (Å²) in [5.41, 5.74) is 15.6. The van der Waals surface area contributed by atoms with Crippen molar-refractivity contribution in [1.82, 2.24) is 0 Å². The average molecular weight is 772 g/mol. The van der Waals surface area contributed by atoms with E-state index in [2.05, 4.69) is 190 Å². The normalized spacial score (nSPS) is 15.1. The standard InChI is InChI=1S/C57H41NO2/c1-56(2)45-22-7-5-16-36(45)38-27-26-35(29-47(38)56)58(49-28-25-34-15-10-19-40-39-18-9-13-33-14-11-21-42(52(33)39)54(49)53(34)40)50-31-48-43(37-17-6-8-23-46(37)57(48,3)4)30-44(50)41-20-12-24-51-55(41)60-32-59-51/h5-31H,32H2,1-4H3. The van der Waals surface area contributed by atoms with Gasteiger partial charge in [0.1, 0.15) is 0 Å².